The Morgan fingerprint density at radius 1 is 0.343 bits per heavy atom. The van der Waals surface area contributed by atoms with Gasteiger partial charge in [0.1, 0.15) is 0 Å². The van der Waals surface area contributed by atoms with Crippen molar-refractivity contribution in [3.05, 3.63) is 259 Å². The summed E-state index contributed by atoms with van der Waals surface area (Å²) in [5, 5.41) is 0. The number of hydrogen-bond acceptors (Lipinski definition) is 3. The van der Waals surface area contributed by atoms with Gasteiger partial charge in [-0.1, -0.05) is 162 Å². The number of benzene rings is 7. The average Bonchev–Trinajstić information content (AvgIpc) is 3.38. The van der Waals surface area contributed by atoms with Crippen molar-refractivity contribution in [2.24, 2.45) is 0 Å². The molecule has 3 heterocycles. The van der Waals surface area contributed by atoms with E-state index >= 15 is 8.78 Å². The predicted molar refractivity (Wildman–Crippen MR) is 262 cm³/mol. The van der Waals surface area contributed by atoms with Gasteiger partial charge >= 0.3 is 20.1 Å². The number of rotatable bonds is 13. The summed E-state index contributed by atoms with van der Waals surface area (Å²) in [4.78, 5) is 13.4. The molecule has 0 saturated heterocycles. The minimum atomic E-state index is -0.340. The quantitative estimate of drug-likeness (QED) is 0.108. The Labute approximate surface area is 404 Å². The first kappa shape index (κ1) is 44.7. The van der Waals surface area contributed by atoms with Crippen LogP contribution in [0.4, 0.5) is 8.78 Å². The molecule has 0 radical (unpaired) electrons. The fourth-order valence-corrected chi connectivity index (χ4v) is 8.49. The standard InChI is InChI=1S/C61H42F2N3.Ir/c62-57-39-42(20-30-55(57)59-14-6-8-33-64-59)16-18-44-36-45(19-17-43-21-31-56(58(63)40-43)60-15-7-9-34-65-60)38-52(37-44)54-13-5-4-12-53(54)49-26-28-50(29-27-49)61-41-51(32-35-66-61)48-24-22-47(23-25-48)46-10-2-1-3-11-46;/h1-15,20-28,32-41H,16-19H2;/q-3;+3. The molecule has 3 nitrogen and oxygen atoms in total. The number of nitrogens with zero attached hydrogens (tertiary/aromatic N) is 3. The van der Waals surface area contributed by atoms with E-state index in [-0.39, 0.29) is 31.7 Å². The second-order valence-electron chi connectivity index (χ2n) is 16.3. The molecule has 0 unspecified atom stereocenters. The summed E-state index contributed by atoms with van der Waals surface area (Å²) in [7, 11) is 0. The maximum absolute atomic E-state index is 15.4. The molecule has 0 bridgehead atoms. The Morgan fingerprint density at radius 2 is 0.836 bits per heavy atom. The summed E-state index contributed by atoms with van der Waals surface area (Å²) in [6, 6.07) is 72.2. The Bertz CT molecular complexity index is 3140. The second kappa shape index (κ2) is 20.8. The summed E-state index contributed by atoms with van der Waals surface area (Å²) in [5.74, 6) is -0.680. The predicted octanol–water partition coefficient (Wildman–Crippen LogP) is 14.8. The van der Waals surface area contributed by atoms with E-state index in [1.54, 1.807) is 36.7 Å². The van der Waals surface area contributed by atoms with Gasteiger partial charge in [-0.3, -0.25) is 8.78 Å². The van der Waals surface area contributed by atoms with Crippen LogP contribution in [0, 0.1) is 29.8 Å². The Balaban J connectivity index is 0.00000562. The molecule has 324 valence electrons. The summed E-state index contributed by atoms with van der Waals surface area (Å²) >= 11 is 0. The van der Waals surface area contributed by atoms with Gasteiger partial charge in [-0.05, 0) is 92.6 Å². The monoisotopic (exact) mass is 1050 g/mol. The first-order valence-corrected chi connectivity index (χ1v) is 22.1. The molecule has 10 aromatic rings. The van der Waals surface area contributed by atoms with Crippen molar-refractivity contribution in [2.45, 2.75) is 25.7 Å². The molecule has 0 amide bonds. The largest absolute Gasteiger partial charge is 3.00 e. The van der Waals surface area contributed by atoms with Gasteiger partial charge in [0, 0.05) is 30.2 Å². The normalized spacial score (nSPS) is 11.0. The van der Waals surface area contributed by atoms with E-state index in [0.29, 0.717) is 48.2 Å². The van der Waals surface area contributed by atoms with Gasteiger partial charge in [0.15, 0.2) is 0 Å². The summed E-state index contributed by atoms with van der Waals surface area (Å²) < 4.78 is 30.8. The molecular weight excluding hydrogens is 1000 g/mol. The molecule has 0 spiro atoms. The van der Waals surface area contributed by atoms with Crippen LogP contribution in [0.25, 0.3) is 78.3 Å². The van der Waals surface area contributed by atoms with Crippen LogP contribution in [-0.4, -0.2) is 15.0 Å². The van der Waals surface area contributed by atoms with Crippen molar-refractivity contribution in [3.63, 3.8) is 0 Å². The first-order valence-electron chi connectivity index (χ1n) is 22.1. The van der Waals surface area contributed by atoms with Gasteiger partial charge in [0.25, 0.3) is 0 Å². The number of hydrogen-bond donors (Lipinski definition) is 0. The van der Waals surface area contributed by atoms with Gasteiger partial charge in [0.2, 0.25) is 0 Å². The van der Waals surface area contributed by atoms with Crippen molar-refractivity contribution in [1.29, 1.82) is 0 Å². The molecular formula is C61H42F2IrN3. The fourth-order valence-electron chi connectivity index (χ4n) is 8.49. The summed E-state index contributed by atoms with van der Waals surface area (Å²) in [6.45, 7) is 0. The molecule has 0 aliphatic carbocycles. The molecule has 10 rings (SSSR count). The van der Waals surface area contributed by atoms with E-state index < -0.39 is 0 Å². The van der Waals surface area contributed by atoms with Crippen LogP contribution in [0.15, 0.2) is 207 Å². The number of pyridine rings is 3. The van der Waals surface area contributed by atoms with Gasteiger partial charge in [-0.2, -0.15) is 0 Å². The number of aromatic nitrogens is 3. The zero-order valence-electron chi connectivity index (χ0n) is 36.4. The van der Waals surface area contributed by atoms with Crippen molar-refractivity contribution < 1.29 is 28.9 Å². The molecule has 0 aliphatic rings. The van der Waals surface area contributed by atoms with Crippen molar-refractivity contribution in [3.8, 4) is 78.3 Å². The Hall–Kier alpha value is -7.50. The maximum atomic E-state index is 15.4. The van der Waals surface area contributed by atoms with Crippen molar-refractivity contribution >= 4 is 0 Å². The summed E-state index contributed by atoms with van der Waals surface area (Å²) in [6.07, 6.45) is 7.79. The molecule has 67 heavy (non-hydrogen) atoms. The van der Waals surface area contributed by atoms with Gasteiger partial charge in [-0.25, -0.2) is 0 Å². The molecule has 0 saturated carbocycles. The van der Waals surface area contributed by atoms with Gasteiger partial charge in [0.05, 0.1) is 0 Å². The maximum Gasteiger partial charge on any atom is 3.00 e. The number of aryl methyl sites for hydroxylation is 4. The molecule has 6 heteroatoms. The smallest absolute Gasteiger partial charge is 0.305 e. The zero-order chi connectivity index (χ0) is 44.7. The van der Waals surface area contributed by atoms with E-state index in [1.165, 1.54) is 11.1 Å². The third-order valence-electron chi connectivity index (χ3n) is 11.9. The SMILES string of the molecule is Fc1cc(CCc2cc(CCc3c[c-]c(-c4ccccn4)c(F)c3)cc(-c3ccccc3-c3c[c-]c(-c4cc(-c5ccc(-c6ccccc6)cc5)ccn4)cc3)c2)c[c-]c1-c1ccccn1.[Ir+3]. The third kappa shape index (κ3) is 10.5. The average molecular weight is 1050 g/mol. The van der Waals surface area contributed by atoms with Crippen LogP contribution in [0.3, 0.4) is 0 Å². The minimum Gasteiger partial charge on any atom is -0.305 e. The molecule has 0 fully saturated rings. The van der Waals surface area contributed by atoms with Crippen LogP contribution >= 0.6 is 0 Å². The Kier molecular flexibility index (Phi) is 13.9. The van der Waals surface area contributed by atoms with E-state index in [2.05, 4.69) is 137 Å². The summed E-state index contributed by atoms with van der Waals surface area (Å²) in [5.41, 5.74) is 16.4. The van der Waals surface area contributed by atoms with Crippen LogP contribution in [0.2, 0.25) is 0 Å². The van der Waals surface area contributed by atoms with Gasteiger partial charge < -0.3 is 15.0 Å². The molecule has 0 N–H and O–H groups in total. The minimum absolute atomic E-state index is 0. The zero-order valence-corrected chi connectivity index (χ0v) is 38.8. The topological polar surface area (TPSA) is 38.7 Å². The van der Waals surface area contributed by atoms with Gasteiger partial charge in [-0.15, -0.1) is 77.4 Å². The van der Waals surface area contributed by atoms with E-state index in [4.69, 9.17) is 4.98 Å². The molecule has 0 aliphatic heterocycles. The van der Waals surface area contributed by atoms with Crippen LogP contribution in [0.5, 0.6) is 0 Å². The molecule has 0 atom stereocenters. The van der Waals surface area contributed by atoms with Crippen LogP contribution in [0.1, 0.15) is 22.3 Å². The Morgan fingerprint density at radius 3 is 1.37 bits per heavy atom. The molecule has 3 aromatic heterocycles. The van der Waals surface area contributed by atoms with E-state index in [0.717, 1.165) is 66.9 Å². The van der Waals surface area contributed by atoms with Crippen LogP contribution < -0.4 is 0 Å². The van der Waals surface area contributed by atoms with Crippen molar-refractivity contribution in [1.82, 2.24) is 15.0 Å². The van der Waals surface area contributed by atoms with Crippen molar-refractivity contribution in [2.75, 3.05) is 0 Å². The second-order valence-corrected chi connectivity index (χ2v) is 16.3. The fraction of sp³-hybridized carbons (Fsp3) is 0.0656. The first-order chi connectivity index (χ1) is 32.5. The third-order valence-corrected chi connectivity index (χ3v) is 11.9. The number of halogens is 2. The van der Waals surface area contributed by atoms with Crippen LogP contribution in [-0.2, 0) is 45.8 Å². The van der Waals surface area contributed by atoms with E-state index in [1.807, 2.05) is 60.8 Å². The molecule has 7 aromatic carbocycles. The van der Waals surface area contributed by atoms with E-state index in [9.17, 15) is 0 Å².